The number of rotatable bonds is 4. The maximum atomic E-state index is 11.7. The van der Waals surface area contributed by atoms with E-state index in [1.807, 2.05) is 24.6 Å². The quantitative estimate of drug-likeness (QED) is 0.713. The number of carbonyl (C=O) groups excluding carboxylic acids is 2. The van der Waals surface area contributed by atoms with Gasteiger partial charge in [0, 0.05) is 33.9 Å². The van der Waals surface area contributed by atoms with Crippen molar-refractivity contribution in [2.45, 2.75) is 20.4 Å². The number of imide groups is 1. The number of nitrogens with one attached hydrogen (secondary N) is 1. The topological polar surface area (TPSA) is 80.1 Å². The molecule has 0 aromatic carbocycles. The number of urea groups is 1. The minimum absolute atomic E-state index is 0.0615. The van der Waals surface area contributed by atoms with Crippen LogP contribution in [-0.4, -0.2) is 37.9 Å². The summed E-state index contributed by atoms with van der Waals surface area (Å²) in [6.07, 6.45) is 1.79. The fourth-order valence-corrected chi connectivity index (χ4v) is 4.43. The lowest BCUT2D eigenvalue weighted by Crippen LogP contribution is -2.30. The van der Waals surface area contributed by atoms with E-state index in [-0.39, 0.29) is 25.0 Å². The van der Waals surface area contributed by atoms with Gasteiger partial charge >= 0.3 is 6.03 Å². The van der Waals surface area contributed by atoms with Crippen LogP contribution >= 0.6 is 22.7 Å². The van der Waals surface area contributed by atoms with Crippen LogP contribution < -0.4 is 5.32 Å². The van der Waals surface area contributed by atoms with Crippen molar-refractivity contribution in [2.75, 3.05) is 6.54 Å². The third-order valence-electron chi connectivity index (χ3n) is 4.10. The summed E-state index contributed by atoms with van der Waals surface area (Å²) < 4.78 is 2.11. The predicted octanol–water partition coefficient (Wildman–Crippen LogP) is 2.73. The summed E-state index contributed by atoms with van der Waals surface area (Å²) in [6, 6.07) is 1.73. The van der Waals surface area contributed by atoms with Crippen molar-refractivity contribution in [3.8, 4) is 16.4 Å². The molecule has 0 radical (unpaired) electrons. The zero-order valence-corrected chi connectivity index (χ0v) is 15.3. The van der Waals surface area contributed by atoms with Crippen molar-refractivity contribution < 1.29 is 9.59 Å². The molecule has 0 bridgehead atoms. The van der Waals surface area contributed by atoms with Gasteiger partial charge in [0.1, 0.15) is 5.01 Å². The fraction of sp³-hybridized carbons (Fsp3) is 0.250. The largest absolute Gasteiger partial charge is 0.329 e. The average molecular weight is 373 g/mol. The molecule has 3 aromatic heterocycles. The molecule has 25 heavy (non-hydrogen) atoms. The van der Waals surface area contributed by atoms with E-state index < -0.39 is 0 Å². The second kappa shape index (κ2) is 6.08. The van der Waals surface area contributed by atoms with E-state index in [1.165, 1.54) is 16.2 Å². The van der Waals surface area contributed by atoms with Crippen LogP contribution in [-0.2, 0) is 11.3 Å². The minimum Gasteiger partial charge on any atom is -0.329 e. The van der Waals surface area contributed by atoms with Gasteiger partial charge in [0.05, 0.1) is 18.8 Å². The maximum Gasteiger partial charge on any atom is 0.324 e. The average Bonchev–Trinajstić information content (AvgIpc) is 3.34. The van der Waals surface area contributed by atoms with Gasteiger partial charge in [0.2, 0.25) is 5.91 Å². The summed E-state index contributed by atoms with van der Waals surface area (Å²) in [5.74, 6) is -0.219. The number of hydrogen-bond acceptors (Lipinski definition) is 6. The van der Waals surface area contributed by atoms with Gasteiger partial charge in [-0.15, -0.1) is 22.7 Å². The summed E-state index contributed by atoms with van der Waals surface area (Å²) in [7, 11) is 0. The van der Waals surface area contributed by atoms with Crippen LogP contribution in [0, 0.1) is 13.8 Å². The third-order valence-corrected chi connectivity index (χ3v) is 5.69. The van der Waals surface area contributed by atoms with Gasteiger partial charge in [0.25, 0.3) is 0 Å². The number of nitrogens with zero attached hydrogens (tertiary/aromatic N) is 4. The van der Waals surface area contributed by atoms with Gasteiger partial charge in [-0.3, -0.25) is 14.3 Å². The van der Waals surface area contributed by atoms with Crippen LogP contribution in [0.5, 0.6) is 0 Å². The Morgan fingerprint density at radius 2 is 2.12 bits per heavy atom. The van der Waals surface area contributed by atoms with Crippen molar-refractivity contribution in [2.24, 2.45) is 0 Å². The number of aryl methyl sites for hydroxylation is 1. The first kappa shape index (κ1) is 16.0. The molecule has 1 aliphatic heterocycles. The molecule has 4 rings (SSSR count). The summed E-state index contributed by atoms with van der Waals surface area (Å²) in [5, 5.41) is 8.09. The minimum atomic E-state index is -0.358. The van der Waals surface area contributed by atoms with Crippen LogP contribution in [0.1, 0.15) is 16.4 Å². The molecule has 1 fully saturated rings. The fourth-order valence-electron chi connectivity index (χ4n) is 2.90. The Morgan fingerprint density at radius 1 is 1.28 bits per heavy atom. The molecular formula is C16H15N5O2S2. The summed E-state index contributed by atoms with van der Waals surface area (Å²) in [6.45, 7) is 4.35. The van der Waals surface area contributed by atoms with Crippen LogP contribution in [0.3, 0.4) is 0 Å². The van der Waals surface area contributed by atoms with E-state index in [9.17, 15) is 9.59 Å². The zero-order valence-electron chi connectivity index (χ0n) is 13.6. The number of amides is 3. The highest BCUT2D eigenvalue weighted by Crippen LogP contribution is 2.31. The van der Waals surface area contributed by atoms with Gasteiger partial charge in [0.15, 0.2) is 5.13 Å². The first-order chi connectivity index (χ1) is 12.0. The smallest absolute Gasteiger partial charge is 0.324 e. The molecule has 3 aromatic rings. The Bertz CT molecular complexity index is 941. The molecule has 1 N–H and O–H groups in total. The lowest BCUT2D eigenvalue weighted by Gasteiger charge is -2.09. The van der Waals surface area contributed by atoms with Crippen molar-refractivity contribution in [3.05, 3.63) is 39.4 Å². The van der Waals surface area contributed by atoms with Crippen molar-refractivity contribution in [3.63, 3.8) is 0 Å². The van der Waals surface area contributed by atoms with Crippen molar-refractivity contribution in [1.82, 2.24) is 24.8 Å². The third kappa shape index (κ3) is 2.75. The van der Waals surface area contributed by atoms with E-state index in [4.69, 9.17) is 0 Å². The van der Waals surface area contributed by atoms with Crippen LogP contribution in [0.25, 0.3) is 16.4 Å². The van der Waals surface area contributed by atoms with Crippen molar-refractivity contribution >= 4 is 34.6 Å². The number of carbonyl (C=O) groups is 2. The molecule has 9 heteroatoms. The van der Waals surface area contributed by atoms with Gasteiger partial charge < -0.3 is 5.32 Å². The Kier molecular flexibility index (Phi) is 3.89. The van der Waals surface area contributed by atoms with Crippen LogP contribution in [0.2, 0.25) is 0 Å². The molecule has 3 amide bonds. The van der Waals surface area contributed by atoms with E-state index in [0.29, 0.717) is 0 Å². The van der Waals surface area contributed by atoms with Gasteiger partial charge in [-0.25, -0.2) is 14.8 Å². The van der Waals surface area contributed by atoms with Gasteiger partial charge in [-0.1, -0.05) is 0 Å². The molecule has 128 valence electrons. The standard InChI is InChI=1S/C16H15N5O2S2/c1-9-5-11(10(2)21(9)16-17-3-4-24-16)12-8-25-13(19-12)7-20-14(22)6-18-15(20)23/h3-5,8H,6-7H2,1-2H3,(H,18,23). The van der Waals surface area contributed by atoms with Gasteiger partial charge in [-0.2, -0.15) is 0 Å². The zero-order chi connectivity index (χ0) is 17.6. The maximum absolute atomic E-state index is 11.7. The molecule has 0 unspecified atom stereocenters. The highest BCUT2D eigenvalue weighted by molar-refractivity contribution is 7.12. The lowest BCUT2D eigenvalue weighted by molar-refractivity contribution is -0.125. The molecule has 0 spiro atoms. The highest BCUT2D eigenvalue weighted by atomic mass is 32.1. The van der Waals surface area contributed by atoms with Crippen LogP contribution in [0.15, 0.2) is 23.0 Å². The SMILES string of the molecule is Cc1cc(-c2csc(CN3C(=O)CNC3=O)n2)c(C)n1-c1nccs1. The van der Waals surface area contributed by atoms with Gasteiger partial charge in [-0.05, 0) is 19.9 Å². The summed E-state index contributed by atoms with van der Waals surface area (Å²) in [4.78, 5) is 33.6. The second-order valence-electron chi connectivity index (χ2n) is 5.70. The molecule has 1 aliphatic rings. The number of aromatic nitrogens is 3. The first-order valence-electron chi connectivity index (χ1n) is 7.66. The van der Waals surface area contributed by atoms with E-state index in [2.05, 4.69) is 25.9 Å². The summed E-state index contributed by atoms with van der Waals surface area (Å²) >= 11 is 3.03. The molecule has 0 saturated carbocycles. The molecule has 0 atom stereocenters. The molecule has 1 saturated heterocycles. The van der Waals surface area contributed by atoms with E-state index >= 15 is 0 Å². The molecule has 4 heterocycles. The van der Waals surface area contributed by atoms with Crippen molar-refractivity contribution in [1.29, 1.82) is 0 Å². The normalized spacial score (nSPS) is 14.4. The first-order valence-corrected chi connectivity index (χ1v) is 9.42. The predicted molar refractivity (Wildman–Crippen MR) is 96.0 cm³/mol. The van der Waals surface area contributed by atoms with E-state index in [1.54, 1.807) is 17.5 Å². The molecular weight excluding hydrogens is 358 g/mol. The monoisotopic (exact) mass is 373 g/mol. The molecule has 0 aliphatic carbocycles. The Hall–Kier alpha value is -2.52. The van der Waals surface area contributed by atoms with E-state index in [0.717, 1.165) is 32.8 Å². The summed E-state index contributed by atoms with van der Waals surface area (Å²) in [5.41, 5.74) is 4.04. The Morgan fingerprint density at radius 3 is 2.80 bits per heavy atom. The second-order valence-corrected chi connectivity index (χ2v) is 7.52. The highest BCUT2D eigenvalue weighted by Gasteiger charge is 2.29. The Labute approximate surface area is 152 Å². The Balaban J connectivity index is 1.64. The number of thiazole rings is 2. The van der Waals surface area contributed by atoms with Crippen LogP contribution in [0.4, 0.5) is 4.79 Å². The lowest BCUT2D eigenvalue weighted by atomic mass is 10.2. The number of hydrogen-bond donors (Lipinski definition) is 1. The molecule has 7 nitrogen and oxygen atoms in total.